The molecule has 0 bridgehead atoms. The Morgan fingerprint density at radius 2 is 2.04 bits per heavy atom. The average molecular weight is 492 g/mol. The lowest BCUT2D eigenvalue weighted by Crippen LogP contribution is -2.38. The third-order valence-corrected chi connectivity index (χ3v) is 3.47. The van der Waals surface area contributed by atoms with Gasteiger partial charge in [0.1, 0.15) is 5.82 Å². The molecule has 2 aromatic heterocycles. The summed E-state index contributed by atoms with van der Waals surface area (Å²) in [7, 11) is 1.71. The lowest BCUT2D eigenvalue weighted by atomic mass is 10.4. The van der Waals surface area contributed by atoms with Crippen LogP contribution in [-0.2, 0) is 16.0 Å². The molecule has 0 saturated carbocycles. The normalized spacial score (nSPS) is 11.3. The van der Waals surface area contributed by atoms with Gasteiger partial charge in [-0.15, -0.1) is 29.1 Å². The van der Waals surface area contributed by atoms with Gasteiger partial charge in [0.25, 0.3) is 0 Å². The van der Waals surface area contributed by atoms with Crippen molar-refractivity contribution >= 4 is 29.9 Å². The van der Waals surface area contributed by atoms with Gasteiger partial charge in [0.2, 0.25) is 5.82 Å². The molecule has 27 heavy (non-hydrogen) atoms. The topological polar surface area (TPSA) is 110 Å². The summed E-state index contributed by atoms with van der Waals surface area (Å²) in [6.45, 7) is 5.90. The molecule has 2 heterocycles. The SMILES string of the molecule is CCCCOCCOCCNC(=NC)NCc1nc(-c2ccco2)n[nH]1.I. The Hall–Kier alpha value is -1.66. The first-order valence-electron chi connectivity index (χ1n) is 8.88. The van der Waals surface area contributed by atoms with Crippen molar-refractivity contribution in [3.63, 3.8) is 0 Å². The first kappa shape index (κ1) is 23.4. The summed E-state index contributed by atoms with van der Waals surface area (Å²) < 4.78 is 16.2. The number of H-pyrrole nitrogens is 1. The van der Waals surface area contributed by atoms with Gasteiger partial charge in [0.15, 0.2) is 11.7 Å². The van der Waals surface area contributed by atoms with E-state index in [0.717, 1.165) is 19.4 Å². The molecule has 0 amide bonds. The quantitative estimate of drug-likeness (QED) is 0.180. The molecule has 0 aliphatic carbocycles. The molecule has 152 valence electrons. The lowest BCUT2D eigenvalue weighted by molar-refractivity contribution is 0.0487. The van der Waals surface area contributed by atoms with Gasteiger partial charge in [0, 0.05) is 20.2 Å². The van der Waals surface area contributed by atoms with Crippen molar-refractivity contribution < 1.29 is 13.9 Å². The van der Waals surface area contributed by atoms with Crippen LogP contribution in [0.25, 0.3) is 11.6 Å². The minimum Gasteiger partial charge on any atom is -0.461 e. The zero-order chi connectivity index (χ0) is 18.5. The molecule has 0 atom stereocenters. The number of nitrogens with zero attached hydrogens (tertiary/aromatic N) is 3. The van der Waals surface area contributed by atoms with E-state index in [1.807, 2.05) is 6.07 Å². The molecule has 9 nitrogen and oxygen atoms in total. The van der Waals surface area contributed by atoms with Crippen molar-refractivity contribution in [3.8, 4) is 11.6 Å². The molecule has 0 saturated heterocycles. The van der Waals surface area contributed by atoms with Crippen LogP contribution in [0.3, 0.4) is 0 Å². The third kappa shape index (κ3) is 9.20. The Balaban J connectivity index is 0.00000364. The number of aromatic nitrogens is 3. The molecule has 0 aliphatic rings. The molecule has 0 fully saturated rings. The van der Waals surface area contributed by atoms with E-state index in [1.165, 1.54) is 0 Å². The molecule has 3 N–H and O–H groups in total. The number of hydrogen-bond donors (Lipinski definition) is 3. The number of guanidine groups is 1. The lowest BCUT2D eigenvalue weighted by Gasteiger charge is -2.11. The van der Waals surface area contributed by atoms with Crippen LogP contribution in [0.5, 0.6) is 0 Å². The molecule has 10 heteroatoms. The zero-order valence-corrected chi connectivity index (χ0v) is 18.2. The van der Waals surface area contributed by atoms with E-state index in [1.54, 1.807) is 19.4 Å². The molecular formula is C17H29IN6O3. The number of ether oxygens (including phenoxy) is 2. The first-order valence-corrected chi connectivity index (χ1v) is 8.88. The second kappa shape index (κ2) is 14.4. The number of furan rings is 1. The minimum atomic E-state index is 0. The molecule has 0 spiro atoms. The van der Waals surface area contributed by atoms with Crippen LogP contribution >= 0.6 is 24.0 Å². The van der Waals surface area contributed by atoms with Gasteiger partial charge < -0.3 is 24.5 Å². The molecule has 0 aromatic carbocycles. The maximum Gasteiger partial charge on any atom is 0.216 e. The van der Waals surface area contributed by atoms with Crippen LogP contribution in [0.4, 0.5) is 0 Å². The minimum absolute atomic E-state index is 0. The first-order chi connectivity index (χ1) is 12.8. The van der Waals surface area contributed by atoms with Gasteiger partial charge in [-0.1, -0.05) is 13.3 Å². The highest BCUT2D eigenvalue weighted by Crippen LogP contribution is 2.14. The van der Waals surface area contributed by atoms with Crippen molar-refractivity contribution in [2.24, 2.45) is 4.99 Å². The predicted octanol–water partition coefficient (Wildman–Crippen LogP) is 2.18. The molecule has 2 rings (SSSR count). The summed E-state index contributed by atoms with van der Waals surface area (Å²) >= 11 is 0. The number of aromatic amines is 1. The van der Waals surface area contributed by atoms with Crippen LogP contribution < -0.4 is 10.6 Å². The van der Waals surface area contributed by atoms with E-state index >= 15 is 0 Å². The Labute approximate surface area is 176 Å². The number of hydrogen-bond acceptors (Lipinski definition) is 6. The van der Waals surface area contributed by atoms with Crippen molar-refractivity contribution in [1.29, 1.82) is 0 Å². The van der Waals surface area contributed by atoms with Gasteiger partial charge in [-0.05, 0) is 18.6 Å². The molecule has 0 unspecified atom stereocenters. The second-order valence-corrected chi connectivity index (χ2v) is 5.51. The summed E-state index contributed by atoms with van der Waals surface area (Å²) in [5.74, 6) is 2.53. The summed E-state index contributed by atoms with van der Waals surface area (Å²) in [5.41, 5.74) is 0. The molecule has 0 radical (unpaired) electrons. The zero-order valence-electron chi connectivity index (χ0n) is 15.9. The van der Waals surface area contributed by atoms with Crippen LogP contribution in [-0.4, -0.2) is 61.2 Å². The van der Waals surface area contributed by atoms with Crippen LogP contribution in [0.1, 0.15) is 25.6 Å². The van der Waals surface area contributed by atoms with Gasteiger partial charge in [-0.3, -0.25) is 10.1 Å². The maximum atomic E-state index is 5.51. The molecule has 2 aromatic rings. The summed E-state index contributed by atoms with van der Waals surface area (Å²) in [6.07, 6.45) is 3.83. The summed E-state index contributed by atoms with van der Waals surface area (Å²) in [6, 6.07) is 3.62. The average Bonchev–Trinajstić information content (AvgIpc) is 3.34. The Morgan fingerprint density at radius 1 is 1.22 bits per heavy atom. The number of halogens is 1. The van der Waals surface area contributed by atoms with E-state index in [0.29, 0.717) is 56.3 Å². The van der Waals surface area contributed by atoms with Crippen molar-refractivity contribution in [2.45, 2.75) is 26.3 Å². The highest BCUT2D eigenvalue weighted by Gasteiger charge is 2.08. The Bertz CT molecular complexity index is 632. The van der Waals surface area contributed by atoms with E-state index < -0.39 is 0 Å². The summed E-state index contributed by atoms with van der Waals surface area (Å²) in [4.78, 5) is 8.53. The van der Waals surface area contributed by atoms with E-state index in [4.69, 9.17) is 13.9 Å². The molecular weight excluding hydrogens is 463 g/mol. The van der Waals surface area contributed by atoms with E-state index in [2.05, 4.69) is 37.7 Å². The number of rotatable bonds is 12. The van der Waals surface area contributed by atoms with E-state index in [-0.39, 0.29) is 24.0 Å². The number of aliphatic imine (C=N–C) groups is 1. The van der Waals surface area contributed by atoms with Crippen molar-refractivity contribution in [3.05, 3.63) is 24.2 Å². The van der Waals surface area contributed by atoms with Crippen LogP contribution in [0, 0.1) is 0 Å². The maximum absolute atomic E-state index is 5.51. The summed E-state index contributed by atoms with van der Waals surface area (Å²) in [5, 5.41) is 13.3. The number of unbranched alkanes of at least 4 members (excludes halogenated alkanes) is 1. The van der Waals surface area contributed by atoms with Crippen molar-refractivity contribution in [1.82, 2.24) is 25.8 Å². The Kier molecular flexibility index (Phi) is 12.5. The number of nitrogens with one attached hydrogen (secondary N) is 3. The fourth-order valence-electron chi connectivity index (χ4n) is 2.09. The van der Waals surface area contributed by atoms with Crippen LogP contribution in [0.2, 0.25) is 0 Å². The smallest absolute Gasteiger partial charge is 0.216 e. The van der Waals surface area contributed by atoms with Crippen LogP contribution in [0.15, 0.2) is 27.8 Å². The fraction of sp³-hybridized carbons (Fsp3) is 0.588. The van der Waals surface area contributed by atoms with Gasteiger partial charge in [0.05, 0.1) is 32.6 Å². The highest BCUT2D eigenvalue weighted by atomic mass is 127. The largest absolute Gasteiger partial charge is 0.461 e. The fourth-order valence-corrected chi connectivity index (χ4v) is 2.09. The standard InChI is InChI=1S/C17H28N6O3.HI/c1-3-4-8-24-11-12-25-10-7-19-17(18-2)20-13-15-21-16(23-22-15)14-6-5-9-26-14;/h5-6,9H,3-4,7-8,10-13H2,1-2H3,(H2,18,19,20)(H,21,22,23);1H. The third-order valence-electron chi connectivity index (χ3n) is 3.47. The second-order valence-electron chi connectivity index (χ2n) is 5.51. The Morgan fingerprint density at radius 3 is 2.74 bits per heavy atom. The monoisotopic (exact) mass is 492 g/mol. The molecule has 0 aliphatic heterocycles. The highest BCUT2D eigenvalue weighted by molar-refractivity contribution is 14.0. The van der Waals surface area contributed by atoms with Gasteiger partial charge in [-0.25, -0.2) is 4.98 Å². The van der Waals surface area contributed by atoms with Gasteiger partial charge in [-0.2, -0.15) is 0 Å². The van der Waals surface area contributed by atoms with Gasteiger partial charge >= 0.3 is 0 Å². The predicted molar refractivity (Wildman–Crippen MR) is 114 cm³/mol. The van der Waals surface area contributed by atoms with Crippen molar-refractivity contribution in [2.75, 3.05) is 40.0 Å². The van der Waals surface area contributed by atoms with E-state index in [9.17, 15) is 0 Å².